The molecule has 0 atom stereocenters. The molecule has 0 bridgehead atoms. The van der Waals surface area contributed by atoms with E-state index in [1.54, 1.807) is 30.6 Å². The lowest BCUT2D eigenvalue weighted by molar-refractivity contribution is 0.111. The van der Waals surface area contributed by atoms with Crippen LogP contribution in [0.15, 0.2) is 42.7 Å². The Labute approximate surface area is 118 Å². The van der Waals surface area contributed by atoms with E-state index >= 15 is 0 Å². The molecule has 104 valence electrons. The van der Waals surface area contributed by atoms with Crippen LogP contribution < -0.4 is 9.47 Å². The van der Waals surface area contributed by atoms with Gasteiger partial charge in [0.05, 0.1) is 18.8 Å². The number of carbonyl (C=O) groups is 1. The van der Waals surface area contributed by atoms with Gasteiger partial charge in [0.1, 0.15) is 0 Å². The van der Waals surface area contributed by atoms with Crippen molar-refractivity contribution >= 4 is 6.29 Å². The van der Waals surface area contributed by atoms with Crippen molar-refractivity contribution in [2.45, 2.75) is 13.3 Å². The molecule has 0 fully saturated rings. The molecular formula is C16H17NO3. The molecule has 0 saturated carbocycles. The van der Waals surface area contributed by atoms with Gasteiger partial charge in [0.2, 0.25) is 0 Å². The third-order valence-electron chi connectivity index (χ3n) is 2.80. The second kappa shape index (κ2) is 7.28. The van der Waals surface area contributed by atoms with E-state index < -0.39 is 0 Å². The molecule has 0 aliphatic heterocycles. The van der Waals surface area contributed by atoms with Crippen molar-refractivity contribution in [2.75, 3.05) is 13.2 Å². The molecule has 0 amide bonds. The topological polar surface area (TPSA) is 48.4 Å². The molecule has 2 aromatic rings. The zero-order valence-electron chi connectivity index (χ0n) is 11.4. The van der Waals surface area contributed by atoms with E-state index in [-0.39, 0.29) is 0 Å². The van der Waals surface area contributed by atoms with E-state index in [1.807, 2.05) is 19.1 Å². The molecule has 0 aliphatic carbocycles. The Morgan fingerprint density at radius 1 is 1.20 bits per heavy atom. The number of ether oxygens (including phenoxy) is 2. The van der Waals surface area contributed by atoms with Crippen LogP contribution in [0.25, 0.3) is 0 Å². The van der Waals surface area contributed by atoms with Crippen molar-refractivity contribution in [1.82, 2.24) is 4.98 Å². The summed E-state index contributed by atoms with van der Waals surface area (Å²) in [6, 6.07) is 9.18. The summed E-state index contributed by atoms with van der Waals surface area (Å²) < 4.78 is 11.2. The van der Waals surface area contributed by atoms with E-state index in [4.69, 9.17) is 9.47 Å². The summed E-state index contributed by atoms with van der Waals surface area (Å²) >= 11 is 0. The number of aldehydes is 1. The Hall–Kier alpha value is -2.36. The fourth-order valence-corrected chi connectivity index (χ4v) is 1.87. The molecule has 1 aromatic carbocycles. The SMILES string of the molecule is CCOc1cccc(C=O)c1OCCc1cccnc1. The number of rotatable bonds is 7. The summed E-state index contributed by atoms with van der Waals surface area (Å²) in [7, 11) is 0. The van der Waals surface area contributed by atoms with Crippen LogP contribution in [0.4, 0.5) is 0 Å². The first kappa shape index (κ1) is 14.1. The fraction of sp³-hybridized carbons (Fsp3) is 0.250. The summed E-state index contributed by atoms with van der Waals surface area (Å²) in [6.45, 7) is 2.89. The van der Waals surface area contributed by atoms with Crippen LogP contribution in [-0.4, -0.2) is 24.5 Å². The van der Waals surface area contributed by atoms with Gasteiger partial charge in [0.25, 0.3) is 0 Å². The third kappa shape index (κ3) is 3.57. The Balaban J connectivity index is 2.06. The third-order valence-corrected chi connectivity index (χ3v) is 2.80. The molecule has 0 saturated heterocycles. The highest BCUT2D eigenvalue weighted by atomic mass is 16.5. The number of nitrogens with zero attached hydrogens (tertiary/aromatic N) is 1. The van der Waals surface area contributed by atoms with Gasteiger partial charge in [-0.2, -0.15) is 0 Å². The van der Waals surface area contributed by atoms with Gasteiger partial charge in [0, 0.05) is 18.8 Å². The van der Waals surface area contributed by atoms with Crippen molar-refractivity contribution in [3.05, 3.63) is 53.9 Å². The summed E-state index contributed by atoms with van der Waals surface area (Å²) in [5.74, 6) is 1.11. The molecule has 0 spiro atoms. The predicted molar refractivity (Wildman–Crippen MR) is 76.4 cm³/mol. The van der Waals surface area contributed by atoms with Crippen molar-refractivity contribution in [3.8, 4) is 11.5 Å². The highest BCUT2D eigenvalue weighted by Crippen LogP contribution is 2.30. The molecule has 0 unspecified atom stereocenters. The van der Waals surface area contributed by atoms with E-state index in [0.717, 1.165) is 18.3 Å². The lowest BCUT2D eigenvalue weighted by Gasteiger charge is -2.13. The number of carbonyl (C=O) groups excluding carboxylic acids is 1. The molecular weight excluding hydrogens is 254 g/mol. The molecule has 1 aromatic heterocycles. The van der Waals surface area contributed by atoms with Crippen molar-refractivity contribution < 1.29 is 14.3 Å². The average molecular weight is 271 g/mol. The number of benzene rings is 1. The predicted octanol–water partition coefficient (Wildman–Crippen LogP) is 2.91. The van der Waals surface area contributed by atoms with Crippen LogP contribution in [0, 0.1) is 0 Å². The number of aromatic nitrogens is 1. The summed E-state index contributed by atoms with van der Waals surface area (Å²) in [5.41, 5.74) is 1.59. The maximum absolute atomic E-state index is 11.1. The van der Waals surface area contributed by atoms with E-state index in [2.05, 4.69) is 4.98 Å². The lowest BCUT2D eigenvalue weighted by Crippen LogP contribution is -2.05. The Bertz CT molecular complexity index is 555. The first-order chi connectivity index (χ1) is 9.85. The first-order valence-electron chi connectivity index (χ1n) is 6.58. The minimum absolute atomic E-state index is 0.469. The summed E-state index contributed by atoms with van der Waals surface area (Å²) in [4.78, 5) is 15.1. The summed E-state index contributed by atoms with van der Waals surface area (Å²) in [6.07, 6.45) is 5.05. The van der Waals surface area contributed by atoms with E-state index in [1.165, 1.54) is 0 Å². The average Bonchev–Trinajstić information content (AvgIpc) is 2.50. The lowest BCUT2D eigenvalue weighted by atomic mass is 10.2. The maximum Gasteiger partial charge on any atom is 0.171 e. The van der Waals surface area contributed by atoms with Crippen molar-refractivity contribution in [1.29, 1.82) is 0 Å². The first-order valence-corrected chi connectivity index (χ1v) is 6.58. The van der Waals surface area contributed by atoms with Crippen LogP contribution >= 0.6 is 0 Å². The van der Waals surface area contributed by atoms with Gasteiger partial charge < -0.3 is 9.47 Å². The standard InChI is InChI=1S/C16H17NO3/c1-2-19-15-7-3-6-14(12-18)16(15)20-10-8-13-5-4-9-17-11-13/h3-7,9,11-12H,2,8,10H2,1H3. The smallest absolute Gasteiger partial charge is 0.171 e. The van der Waals surface area contributed by atoms with E-state index in [9.17, 15) is 4.79 Å². The number of para-hydroxylation sites is 1. The van der Waals surface area contributed by atoms with Gasteiger partial charge in [-0.3, -0.25) is 9.78 Å². The normalized spacial score (nSPS) is 10.1. The Morgan fingerprint density at radius 2 is 2.10 bits per heavy atom. The molecule has 4 heteroatoms. The highest BCUT2D eigenvalue weighted by molar-refractivity contribution is 5.81. The van der Waals surface area contributed by atoms with Crippen molar-refractivity contribution in [2.24, 2.45) is 0 Å². The Kier molecular flexibility index (Phi) is 5.12. The van der Waals surface area contributed by atoms with Gasteiger partial charge in [-0.25, -0.2) is 0 Å². The van der Waals surface area contributed by atoms with Gasteiger partial charge in [-0.1, -0.05) is 12.1 Å². The molecule has 1 heterocycles. The van der Waals surface area contributed by atoms with Crippen molar-refractivity contribution in [3.63, 3.8) is 0 Å². The monoisotopic (exact) mass is 271 g/mol. The number of hydrogen-bond acceptors (Lipinski definition) is 4. The van der Waals surface area contributed by atoms with Crippen LogP contribution in [0.3, 0.4) is 0 Å². The molecule has 20 heavy (non-hydrogen) atoms. The second-order valence-corrected chi connectivity index (χ2v) is 4.19. The molecule has 2 rings (SSSR count). The summed E-state index contributed by atoms with van der Waals surface area (Å²) in [5, 5.41) is 0. The fourth-order valence-electron chi connectivity index (χ4n) is 1.87. The largest absolute Gasteiger partial charge is 0.490 e. The quantitative estimate of drug-likeness (QED) is 0.726. The highest BCUT2D eigenvalue weighted by Gasteiger charge is 2.10. The zero-order chi connectivity index (χ0) is 14.2. The van der Waals surface area contributed by atoms with Crippen LogP contribution in [0.2, 0.25) is 0 Å². The van der Waals surface area contributed by atoms with Gasteiger partial charge in [-0.15, -0.1) is 0 Å². The minimum atomic E-state index is 0.469. The Morgan fingerprint density at radius 3 is 2.80 bits per heavy atom. The molecule has 0 radical (unpaired) electrons. The van der Waals surface area contributed by atoms with Crippen LogP contribution in [-0.2, 0) is 6.42 Å². The minimum Gasteiger partial charge on any atom is -0.490 e. The molecule has 0 aliphatic rings. The van der Waals surface area contributed by atoms with Crippen LogP contribution in [0.1, 0.15) is 22.8 Å². The van der Waals surface area contributed by atoms with Crippen LogP contribution in [0.5, 0.6) is 11.5 Å². The number of pyridine rings is 1. The maximum atomic E-state index is 11.1. The molecule has 0 N–H and O–H groups in total. The van der Waals surface area contributed by atoms with Gasteiger partial charge in [-0.05, 0) is 30.7 Å². The van der Waals surface area contributed by atoms with E-state index in [0.29, 0.717) is 30.3 Å². The number of hydrogen-bond donors (Lipinski definition) is 0. The van der Waals surface area contributed by atoms with Gasteiger partial charge in [0.15, 0.2) is 17.8 Å². The molecule has 4 nitrogen and oxygen atoms in total. The second-order valence-electron chi connectivity index (χ2n) is 4.19. The zero-order valence-corrected chi connectivity index (χ0v) is 11.4. The van der Waals surface area contributed by atoms with Gasteiger partial charge >= 0.3 is 0 Å².